The Balaban J connectivity index is 1.32. The van der Waals surface area contributed by atoms with Crippen molar-refractivity contribution in [2.45, 2.75) is 45.3 Å². The number of nitrogens with one attached hydrogen (secondary N) is 1. The molecule has 1 aliphatic rings. The number of pyridine rings is 1. The minimum atomic E-state index is 0.232. The number of carbonyl (C=O) groups excluding carboxylic acids is 1. The van der Waals surface area contributed by atoms with Gasteiger partial charge >= 0.3 is 0 Å². The van der Waals surface area contributed by atoms with Crippen molar-refractivity contribution in [2.24, 2.45) is 0 Å². The smallest absolute Gasteiger partial charge is 0.223 e. The second-order valence-electron chi connectivity index (χ2n) is 7.73. The van der Waals surface area contributed by atoms with E-state index in [2.05, 4.69) is 30.4 Å². The van der Waals surface area contributed by atoms with Crippen LogP contribution >= 0.6 is 0 Å². The van der Waals surface area contributed by atoms with Crippen LogP contribution in [0.2, 0.25) is 0 Å². The largest absolute Gasteiger partial charge is 0.497 e. The number of hydrogen-bond acceptors (Lipinski definition) is 4. The number of hydrogen-bond donors (Lipinski definition) is 1. The summed E-state index contributed by atoms with van der Waals surface area (Å²) in [6.45, 7) is 4.31. The fraction of sp³-hybridized carbons (Fsp3) is 0.391. The van der Waals surface area contributed by atoms with Crippen LogP contribution in [0.5, 0.6) is 5.75 Å². The summed E-state index contributed by atoms with van der Waals surface area (Å²) in [7, 11) is 1.68. The molecule has 152 valence electrons. The number of aromatic nitrogens is 2. The molecule has 0 bridgehead atoms. The first kappa shape index (κ1) is 19.5. The molecule has 0 radical (unpaired) electrons. The maximum Gasteiger partial charge on any atom is 0.223 e. The van der Waals surface area contributed by atoms with Gasteiger partial charge in [-0.2, -0.15) is 0 Å². The van der Waals surface area contributed by atoms with Crippen molar-refractivity contribution in [1.82, 2.24) is 19.6 Å². The molecule has 0 unspecified atom stereocenters. The summed E-state index contributed by atoms with van der Waals surface area (Å²) < 4.78 is 7.30. The Morgan fingerprint density at radius 1 is 1.28 bits per heavy atom. The molecular weight excluding hydrogens is 364 g/mol. The molecule has 1 fully saturated rings. The van der Waals surface area contributed by atoms with E-state index in [1.165, 1.54) is 11.1 Å². The predicted molar refractivity (Wildman–Crippen MR) is 113 cm³/mol. The zero-order valence-corrected chi connectivity index (χ0v) is 17.1. The SMILES string of the molecule is COc1cccc(CNCC[C@H]2CCC(=O)N2Cc2cn3ccc(C)cc3n2)c1. The number of aryl methyl sites for hydroxylation is 1. The first-order valence-electron chi connectivity index (χ1n) is 10.2. The van der Waals surface area contributed by atoms with Gasteiger partial charge in [0.15, 0.2) is 0 Å². The summed E-state index contributed by atoms with van der Waals surface area (Å²) in [5.74, 6) is 1.11. The van der Waals surface area contributed by atoms with Gasteiger partial charge in [0.2, 0.25) is 5.91 Å². The second kappa shape index (κ2) is 8.66. The Hall–Kier alpha value is -2.86. The molecule has 1 aromatic carbocycles. The van der Waals surface area contributed by atoms with E-state index >= 15 is 0 Å². The molecule has 1 saturated heterocycles. The van der Waals surface area contributed by atoms with Crippen LogP contribution in [0.3, 0.4) is 0 Å². The standard InChI is InChI=1S/C23H28N4O2/c1-17-9-11-26-15-19(25-22(26)12-17)16-27-20(6-7-23(27)28)8-10-24-14-18-4-3-5-21(13-18)29-2/h3-5,9,11-13,15,20,24H,6-8,10,14,16H2,1-2H3/t20-/m1/s1. The van der Waals surface area contributed by atoms with E-state index in [1.807, 2.05) is 39.9 Å². The third-order valence-electron chi connectivity index (χ3n) is 5.57. The average molecular weight is 393 g/mol. The summed E-state index contributed by atoms with van der Waals surface area (Å²) in [6, 6.07) is 12.5. The van der Waals surface area contributed by atoms with Gasteiger partial charge in [-0.25, -0.2) is 4.98 Å². The summed E-state index contributed by atoms with van der Waals surface area (Å²) in [6.07, 6.45) is 6.55. The van der Waals surface area contributed by atoms with Crippen molar-refractivity contribution < 1.29 is 9.53 Å². The van der Waals surface area contributed by atoms with Crippen molar-refractivity contribution in [3.05, 3.63) is 65.6 Å². The molecule has 3 heterocycles. The molecule has 2 aromatic heterocycles. The van der Waals surface area contributed by atoms with Gasteiger partial charge in [-0.15, -0.1) is 0 Å². The third kappa shape index (κ3) is 4.59. The highest BCUT2D eigenvalue weighted by Gasteiger charge is 2.30. The minimum Gasteiger partial charge on any atom is -0.497 e. The topological polar surface area (TPSA) is 58.9 Å². The number of methoxy groups -OCH3 is 1. The fourth-order valence-electron chi connectivity index (χ4n) is 3.98. The van der Waals surface area contributed by atoms with E-state index in [0.717, 1.165) is 43.0 Å². The monoisotopic (exact) mass is 392 g/mol. The molecular formula is C23H28N4O2. The summed E-state index contributed by atoms with van der Waals surface area (Å²) in [4.78, 5) is 19.1. The lowest BCUT2D eigenvalue weighted by Crippen LogP contribution is -2.34. The molecule has 1 aliphatic heterocycles. The number of likely N-dealkylation sites (tertiary alicyclic amines) is 1. The lowest BCUT2D eigenvalue weighted by atomic mass is 10.1. The van der Waals surface area contributed by atoms with Crippen molar-refractivity contribution in [1.29, 1.82) is 0 Å². The third-order valence-corrected chi connectivity index (χ3v) is 5.57. The van der Waals surface area contributed by atoms with Gasteiger partial charge in [0.05, 0.1) is 19.3 Å². The molecule has 3 aromatic rings. The van der Waals surface area contributed by atoms with Crippen LogP contribution < -0.4 is 10.1 Å². The first-order valence-corrected chi connectivity index (χ1v) is 10.2. The van der Waals surface area contributed by atoms with Crippen LogP contribution in [0.25, 0.3) is 5.65 Å². The Labute approximate surface area is 171 Å². The van der Waals surface area contributed by atoms with E-state index in [4.69, 9.17) is 9.72 Å². The van der Waals surface area contributed by atoms with E-state index in [9.17, 15) is 4.79 Å². The fourth-order valence-corrected chi connectivity index (χ4v) is 3.98. The van der Waals surface area contributed by atoms with Gasteiger partial charge in [0.25, 0.3) is 0 Å². The Bertz CT molecular complexity index is 997. The zero-order valence-electron chi connectivity index (χ0n) is 17.1. The van der Waals surface area contributed by atoms with Crippen LogP contribution in [-0.2, 0) is 17.9 Å². The summed E-state index contributed by atoms with van der Waals surface area (Å²) in [5.41, 5.74) is 4.26. The van der Waals surface area contributed by atoms with Crippen LogP contribution in [0.15, 0.2) is 48.8 Å². The van der Waals surface area contributed by atoms with Gasteiger partial charge in [-0.05, 0) is 61.7 Å². The molecule has 0 spiro atoms. The molecule has 29 heavy (non-hydrogen) atoms. The number of amides is 1. The number of nitrogens with zero attached hydrogens (tertiary/aromatic N) is 3. The van der Waals surface area contributed by atoms with Gasteiger partial charge in [0.1, 0.15) is 11.4 Å². The minimum absolute atomic E-state index is 0.232. The van der Waals surface area contributed by atoms with Crippen LogP contribution in [0.4, 0.5) is 0 Å². The zero-order chi connectivity index (χ0) is 20.2. The number of benzene rings is 1. The lowest BCUT2D eigenvalue weighted by Gasteiger charge is -2.24. The van der Waals surface area contributed by atoms with Gasteiger partial charge in [-0.3, -0.25) is 4.79 Å². The highest BCUT2D eigenvalue weighted by atomic mass is 16.5. The second-order valence-corrected chi connectivity index (χ2v) is 7.73. The Kier molecular flexibility index (Phi) is 5.81. The highest BCUT2D eigenvalue weighted by Crippen LogP contribution is 2.24. The molecule has 4 rings (SSSR count). The van der Waals surface area contributed by atoms with Crippen LogP contribution in [0.1, 0.15) is 36.1 Å². The Morgan fingerprint density at radius 3 is 3.03 bits per heavy atom. The van der Waals surface area contributed by atoms with E-state index < -0.39 is 0 Å². The number of imidazole rings is 1. The molecule has 0 aliphatic carbocycles. The molecule has 1 amide bonds. The molecule has 1 atom stereocenters. The molecule has 1 N–H and O–H groups in total. The number of ether oxygens (including phenoxy) is 1. The van der Waals surface area contributed by atoms with Crippen molar-refractivity contribution >= 4 is 11.6 Å². The normalized spacial score (nSPS) is 16.7. The maximum atomic E-state index is 12.4. The molecule has 6 nitrogen and oxygen atoms in total. The molecule has 0 saturated carbocycles. The quantitative estimate of drug-likeness (QED) is 0.598. The van der Waals surface area contributed by atoms with Gasteiger partial charge in [0, 0.05) is 31.4 Å². The van der Waals surface area contributed by atoms with E-state index in [1.54, 1.807) is 7.11 Å². The van der Waals surface area contributed by atoms with Crippen molar-refractivity contribution in [3.8, 4) is 5.75 Å². The van der Waals surface area contributed by atoms with Crippen LogP contribution in [0, 0.1) is 6.92 Å². The van der Waals surface area contributed by atoms with Crippen molar-refractivity contribution in [3.63, 3.8) is 0 Å². The lowest BCUT2D eigenvalue weighted by molar-refractivity contribution is -0.129. The summed E-state index contributed by atoms with van der Waals surface area (Å²) in [5, 5.41) is 3.49. The number of fused-ring (bicyclic) bond motifs is 1. The number of rotatable bonds is 8. The first-order chi connectivity index (χ1) is 14.1. The number of carbonyl (C=O) groups is 1. The Morgan fingerprint density at radius 2 is 2.17 bits per heavy atom. The van der Waals surface area contributed by atoms with Gasteiger partial charge in [-0.1, -0.05) is 12.1 Å². The van der Waals surface area contributed by atoms with Crippen molar-refractivity contribution in [2.75, 3.05) is 13.7 Å². The average Bonchev–Trinajstić information content (AvgIpc) is 3.28. The highest BCUT2D eigenvalue weighted by molar-refractivity contribution is 5.78. The van der Waals surface area contributed by atoms with E-state index in [0.29, 0.717) is 13.0 Å². The predicted octanol–water partition coefficient (Wildman–Crippen LogP) is 3.32. The van der Waals surface area contributed by atoms with Gasteiger partial charge < -0.3 is 19.4 Å². The van der Waals surface area contributed by atoms with Crippen LogP contribution in [-0.4, -0.2) is 39.9 Å². The summed E-state index contributed by atoms with van der Waals surface area (Å²) >= 11 is 0. The van der Waals surface area contributed by atoms with E-state index in [-0.39, 0.29) is 11.9 Å². The maximum absolute atomic E-state index is 12.4. The molecule has 6 heteroatoms.